The molecule has 2 aromatic carbocycles. The van der Waals surface area contributed by atoms with Gasteiger partial charge in [-0.15, -0.1) is 5.10 Å². The van der Waals surface area contributed by atoms with E-state index in [0.717, 1.165) is 5.69 Å². The molecule has 0 saturated heterocycles. The molecule has 12 nitrogen and oxygen atoms in total. The molecule has 0 aliphatic carbocycles. The van der Waals surface area contributed by atoms with E-state index in [0.29, 0.717) is 11.3 Å². The summed E-state index contributed by atoms with van der Waals surface area (Å²) in [5.41, 5.74) is 7.05. The maximum atomic E-state index is 11.2. The first-order valence-electron chi connectivity index (χ1n) is 10.0. The van der Waals surface area contributed by atoms with Crippen molar-refractivity contribution in [2.24, 2.45) is 21.7 Å². The second-order valence-electron chi connectivity index (χ2n) is 6.62. The van der Waals surface area contributed by atoms with Crippen LogP contribution in [0.15, 0.2) is 89.1 Å². The molecular formula is C23H23N7O5. The van der Waals surface area contributed by atoms with Gasteiger partial charge in [0.25, 0.3) is 11.6 Å². The number of para-hydroxylation sites is 2. The number of nitrogens with two attached hydrogens (primary N) is 2. The lowest BCUT2D eigenvalue weighted by Gasteiger charge is -2.06. The molecule has 180 valence electrons. The number of carboxylic acids is 1. The number of carboxylic acid groups (broad SMARTS) is 1. The van der Waals surface area contributed by atoms with Crippen LogP contribution < -0.4 is 16.9 Å². The van der Waals surface area contributed by atoms with Crippen molar-refractivity contribution in [1.29, 1.82) is 0 Å². The molecule has 1 amide bonds. The Hall–Kier alpha value is -5.26. The molecule has 0 aliphatic rings. The Bertz CT molecular complexity index is 1250. The van der Waals surface area contributed by atoms with E-state index >= 15 is 0 Å². The van der Waals surface area contributed by atoms with Gasteiger partial charge in [0.15, 0.2) is 0 Å². The maximum Gasteiger partial charge on any atom is 0.322 e. The fraction of sp³-hybridized carbons (Fsp3) is 0.0435. The molecule has 3 aromatic rings. The minimum Gasteiger partial charge on any atom is -0.480 e. The van der Waals surface area contributed by atoms with Crippen LogP contribution in [0.4, 0.5) is 5.69 Å². The summed E-state index contributed by atoms with van der Waals surface area (Å²) in [6, 6.07) is 18.6. The third-order valence-corrected chi connectivity index (χ3v) is 4.25. The van der Waals surface area contributed by atoms with Gasteiger partial charge in [-0.05, 0) is 42.5 Å². The largest absolute Gasteiger partial charge is 0.480 e. The number of nitrogens with one attached hydrogen (secondary N) is 1. The Kier molecular flexibility index (Phi) is 9.90. The van der Waals surface area contributed by atoms with Crippen molar-refractivity contribution in [2.75, 3.05) is 6.54 Å². The number of aliphatic carboxylic acids is 1. The average Bonchev–Trinajstić information content (AvgIpc) is 3.34. The fourth-order valence-electron chi connectivity index (χ4n) is 2.71. The molecule has 0 bridgehead atoms. The summed E-state index contributed by atoms with van der Waals surface area (Å²) < 4.78 is 1.71. The van der Waals surface area contributed by atoms with E-state index in [1.165, 1.54) is 12.3 Å². The quantitative estimate of drug-likeness (QED) is 0.132. The molecule has 0 saturated carbocycles. The topological polar surface area (TPSA) is 191 Å². The number of aliphatic imine (C=N–C) groups is 1. The molecule has 0 radical (unpaired) electrons. The van der Waals surface area contributed by atoms with Crippen molar-refractivity contribution >= 4 is 35.8 Å². The molecule has 0 spiro atoms. The van der Waals surface area contributed by atoms with Crippen molar-refractivity contribution < 1.29 is 19.6 Å². The zero-order valence-corrected chi connectivity index (χ0v) is 18.4. The average molecular weight is 477 g/mol. The summed E-state index contributed by atoms with van der Waals surface area (Å²) in [5, 5.41) is 24.9. The Morgan fingerprint density at radius 3 is 2.43 bits per heavy atom. The van der Waals surface area contributed by atoms with Crippen LogP contribution in [-0.4, -0.2) is 45.2 Å². The third-order valence-electron chi connectivity index (χ3n) is 4.25. The van der Waals surface area contributed by atoms with Crippen LogP contribution in [0.1, 0.15) is 16.1 Å². The van der Waals surface area contributed by atoms with Gasteiger partial charge in [0.2, 0.25) is 5.96 Å². The van der Waals surface area contributed by atoms with Crippen molar-refractivity contribution in [2.45, 2.75) is 0 Å². The van der Waals surface area contributed by atoms with Crippen LogP contribution in [0, 0.1) is 10.1 Å². The van der Waals surface area contributed by atoms with E-state index < -0.39 is 10.9 Å². The molecule has 0 unspecified atom stereocenters. The number of guanidine groups is 1. The summed E-state index contributed by atoms with van der Waals surface area (Å²) in [5.74, 6) is 3.48. The highest BCUT2D eigenvalue weighted by Crippen LogP contribution is 2.24. The molecule has 3 rings (SSSR count). The number of nitro groups is 1. The summed E-state index contributed by atoms with van der Waals surface area (Å²) in [6.07, 6.45) is 6.56. The van der Waals surface area contributed by atoms with Gasteiger partial charge in [0.1, 0.15) is 12.2 Å². The number of amides is 1. The minimum absolute atomic E-state index is 0.0292. The number of nitrogens with zero attached hydrogens (tertiary/aromatic N) is 4. The molecule has 1 aromatic heterocycles. The van der Waals surface area contributed by atoms with Gasteiger partial charge in [-0.3, -0.25) is 19.7 Å². The lowest BCUT2D eigenvalue weighted by molar-refractivity contribution is -0.384. The van der Waals surface area contributed by atoms with Crippen LogP contribution in [-0.2, 0) is 4.79 Å². The van der Waals surface area contributed by atoms with Crippen molar-refractivity contribution in [3.05, 3.63) is 100 Å². The smallest absolute Gasteiger partial charge is 0.322 e. The number of rotatable bonds is 7. The fourth-order valence-corrected chi connectivity index (χ4v) is 2.71. The molecular weight excluding hydrogens is 454 g/mol. The van der Waals surface area contributed by atoms with Crippen LogP contribution in [0.3, 0.4) is 0 Å². The number of nitro benzene ring substituents is 1. The van der Waals surface area contributed by atoms with Gasteiger partial charge < -0.3 is 26.6 Å². The zero-order valence-electron chi connectivity index (χ0n) is 18.4. The molecule has 0 atom stereocenters. The second-order valence-corrected chi connectivity index (χ2v) is 6.62. The Morgan fingerprint density at radius 1 is 1.09 bits per heavy atom. The second kappa shape index (κ2) is 13.3. The normalized spacial score (nSPS) is 11.1. The molecule has 0 fully saturated rings. The molecule has 35 heavy (non-hydrogen) atoms. The molecule has 12 heteroatoms. The Balaban J connectivity index is 0.000000283. The first kappa shape index (κ1) is 26.0. The third kappa shape index (κ3) is 8.31. The van der Waals surface area contributed by atoms with Gasteiger partial charge in [-0.2, -0.15) is 0 Å². The van der Waals surface area contributed by atoms with Crippen LogP contribution in [0.5, 0.6) is 0 Å². The predicted molar refractivity (Wildman–Crippen MR) is 132 cm³/mol. The first-order valence-corrected chi connectivity index (χ1v) is 10.0. The highest BCUT2D eigenvalue weighted by atomic mass is 16.6. The molecule has 1 heterocycles. The van der Waals surface area contributed by atoms with Crippen LogP contribution in [0.25, 0.3) is 11.8 Å². The number of hydrogen-bond acceptors (Lipinski definition) is 6. The molecule has 0 aliphatic heterocycles. The van der Waals surface area contributed by atoms with Crippen LogP contribution >= 0.6 is 0 Å². The highest BCUT2D eigenvalue weighted by Gasteiger charge is 2.14. The number of benzene rings is 2. The highest BCUT2D eigenvalue weighted by molar-refractivity contribution is 5.95. The predicted octanol–water partition coefficient (Wildman–Crippen LogP) is 2.16. The van der Waals surface area contributed by atoms with E-state index in [9.17, 15) is 19.7 Å². The summed E-state index contributed by atoms with van der Waals surface area (Å²) >= 11 is 0. The van der Waals surface area contributed by atoms with Crippen molar-refractivity contribution in [3.63, 3.8) is 0 Å². The Morgan fingerprint density at radius 2 is 1.77 bits per heavy atom. The number of carbonyl (C=O) groups excluding carboxylic acids is 1. The summed E-state index contributed by atoms with van der Waals surface area (Å²) in [4.78, 5) is 35.8. The lowest BCUT2D eigenvalue weighted by atomic mass is 10.2. The SMILES string of the molecule is NN=C(N)N=CC=Cc1cccn1-c1ccccc1[N+](=O)[O-].O=C(O)CNC(=O)c1ccccc1. The van der Waals surface area contributed by atoms with Gasteiger partial charge >= 0.3 is 5.97 Å². The summed E-state index contributed by atoms with van der Waals surface area (Å²) in [6.45, 7) is -0.353. The van der Waals surface area contributed by atoms with Crippen molar-refractivity contribution in [1.82, 2.24) is 9.88 Å². The van der Waals surface area contributed by atoms with E-state index in [-0.39, 0.29) is 24.1 Å². The van der Waals surface area contributed by atoms with Gasteiger partial charge in [-0.1, -0.05) is 30.3 Å². The van der Waals surface area contributed by atoms with Gasteiger partial charge in [0.05, 0.1) is 4.92 Å². The van der Waals surface area contributed by atoms with Crippen molar-refractivity contribution in [3.8, 4) is 5.69 Å². The monoisotopic (exact) mass is 477 g/mol. The summed E-state index contributed by atoms with van der Waals surface area (Å²) in [7, 11) is 0. The maximum absolute atomic E-state index is 11.2. The number of aromatic nitrogens is 1. The van der Waals surface area contributed by atoms with Crippen LogP contribution in [0.2, 0.25) is 0 Å². The van der Waals surface area contributed by atoms with E-state index in [1.54, 1.807) is 77.5 Å². The number of hydrogen-bond donors (Lipinski definition) is 4. The molecule has 6 N–H and O–H groups in total. The zero-order chi connectivity index (χ0) is 25.6. The number of carbonyl (C=O) groups is 2. The van der Waals surface area contributed by atoms with E-state index in [1.807, 2.05) is 6.07 Å². The van der Waals surface area contributed by atoms with Gasteiger partial charge in [-0.25, -0.2) is 4.99 Å². The number of hydrazone groups is 1. The minimum atomic E-state index is -1.05. The lowest BCUT2D eigenvalue weighted by Crippen LogP contribution is -2.29. The first-order chi connectivity index (χ1) is 16.8. The Labute approximate surface area is 200 Å². The van der Waals surface area contributed by atoms with E-state index in [4.69, 9.17) is 16.7 Å². The number of allylic oxidation sites excluding steroid dienone is 1. The van der Waals surface area contributed by atoms with E-state index in [2.05, 4.69) is 15.4 Å². The van der Waals surface area contributed by atoms with Gasteiger partial charge in [0, 0.05) is 29.7 Å². The standard InChI is InChI=1S/C14H14N6O2.C9H9NO3/c15-14(18-16)17-9-3-5-11-6-4-10-19(11)12-7-1-2-8-13(12)20(21)22;11-8(12)6-10-9(13)7-4-2-1-3-5-7/h1-10H,16H2,(H2,15,18);1-5H,6H2,(H,10,13)(H,11,12).